The van der Waals surface area contributed by atoms with E-state index in [2.05, 4.69) is 49.6 Å². The molecule has 1 aliphatic heterocycles. The molecule has 2 rings (SSSR count). The first-order valence-corrected chi connectivity index (χ1v) is 7.97. The molecule has 0 aliphatic carbocycles. The van der Waals surface area contributed by atoms with Gasteiger partial charge in [-0.15, -0.1) is 0 Å². The van der Waals surface area contributed by atoms with E-state index in [1.54, 1.807) is 7.11 Å². The molecule has 5 heteroatoms. The summed E-state index contributed by atoms with van der Waals surface area (Å²) in [5, 5.41) is 0. The molecular formula is C16H22BrN3O. The van der Waals surface area contributed by atoms with Crippen LogP contribution in [0.4, 0.5) is 0 Å². The van der Waals surface area contributed by atoms with Gasteiger partial charge in [-0.1, -0.05) is 11.8 Å². The molecule has 0 amide bonds. The molecular weight excluding hydrogens is 330 g/mol. The summed E-state index contributed by atoms with van der Waals surface area (Å²) in [5.74, 6) is 6.43. The van der Waals surface area contributed by atoms with Crippen molar-refractivity contribution in [2.24, 2.45) is 0 Å². The molecule has 0 spiro atoms. The molecule has 1 saturated heterocycles. The van der Waals surface area contributed by atoms with Gasteiger partial charge >= 0.3 is 0 Å². The van der Waals surface area contributed by atoms with Gasteiger partial charge < -0.3 is 9.64 Å². The highest BCUT2D eigenvalue weighted by Crippen LogP contribution is 2.23. The van der Waals surface area contributed by atoms with Crippen LogP contribution in [-0.4, -0.2) is 61.7 Å². The monoisotopic (exact) mass is 351 g/mol. The maximum absolute atomic E-state index is 5.29. The highest BCUT2D eigenvalue weighted by Gasteiger charge is 2.12. The Bertz CT molecular complexity index is 530. The van der Waals surface area contributed by atoms with Crippen molar-refractivity contribution >= 4 is 15.9 Å². The number of halogens is 1. The number of rotatable bonds is 3. The molecule has 1 aromatic rings. The van der Waals surface area contributed by atoms with Crippen molar-refractivity contribution in [2.45, 2.75) is 13.0 Å². The van der Waals surface area contributed by atoms with E-state index >= 15 is 0 Å². The highest BCUT2D eigenvalue weighted by atomic mass is 79.9. The molecule has 1 atom stereocenters. The lowest BCUT2D eigenvalue weighted by molar-refractivity contribution is 0.115. The van der Waals surface area contributed by atoms with Crippen molar-refractivity contribution in [1.82, 2.24) is 14.8 Å². The van der Waals surface area contributed by atoms with Crippen LogP contribution in [0.3, 0.4) is 0 Å². The van der Waals surface area contributed by atoms with E-state index in [4.69, 9.17) is 4.74 Å². The lowest BCUT2D eigenvalue weighted by atomic mass is 10.2. The predicted octanol–water partition coefficient (Wildman–Crippen LogP) is 2.15. The molecule has 0 saturated carbocycles. The summed E-state index contributed by atoms with van der Waals surface area (Å²) >= 11 is 3.54. The van der Waals surface area contributed by atoms with Gasteiger partial charge in [0.2, 0.25) is 0 Å². The molecule has 4 nitrogen and oxygen atoms in total. The fraction of sp³-hybridized carbons (Fsp3) is 0.562. The molecule has 2 heterocycles. The lowest BCUT2D eigenvalue weighted by Crippen LogP contribution is -2.44. The average Bonchev–Trinajstić information content (AvgIpc) is 2.49. The quantitative estimate of drug-likeness (QED) is 0.780. The standard InChI is InChI=1S/C16H22BrN3O/c1-13(21-3)16-15(17)11-14(12-18-16)5-4-6-20-9-7-19(2)8-10-20/h11-13H,6-10H2,1-3H3. The second kappa shape index (κ2) is 7.90. The second-order valence-corrected chi connectivity index (χ2v) is 6.20. The van der Waals surface area contributed by atoms with E-state index in [0.29, 0.717) is 0 Å². The van der Waals surface area contributed by atoms with Crippen LogP contribution < -0.4 is 0 Å². The third-order valence-electron chi connectivity index (χ3n) is 3.74. The van der Waals surface area contributed by atoms with Crippen LogP contribution in [0.5, 0.6) is 0 Å². The van der Waals surface area contributed by atoms with Crippen LogP contribution in [0.15, 0.2) is 16.7 Å². The molecule has 21 heavy (non-hydrogen) atoms. The Balaban J connectivity index is 1.94. The third-order valence-corrected chi connectivity index (χ3v) is 4.37. The minimum Gasteiger partial charge on any atom is -0.375 e. The van der Waals surface area contributed by atoms with E-state index in [-0.39, 0.29) is 6.10 Å². The van der Waals surface area contributed by atoms with E-state index < -0.39 is 0 Å². The molecule has 114 valence electrons. The summed E-state index contributed by atoms with van der Waals surface area (Å²) in [5.41, 5.74) is 1.84. The molecule has 0 N–H and O–H groups in total. The minimum atomic E-state index is -0.0216. The van der Waals surface area contributed by atoms with Crippen molar-refractivity contribution in [2.75, 3.05) is 46.9 Å². The first-order valence-electron chi connectivity index (χ1n) is 7.18. The second-order valence-electron chi connectivity index (χ2n) is 5.35. The van der Waals surface area contributed by atoms with Gasteiger partial charge in [0.05, 0.1) is 18.3 Å². The highest BCUT2D eigenvalue weighted by molar-refractivity contribution is 9.10. The number of likely N-dealkylation sites (N-methyl/N-ethyl adjacent to an activating group) is 1. The fourth-order valence-electron chi connectivity index (χ4n) is 2.19. The Kier molecular flexibility index (Phi) is 6.19. The summed E-state index contributed by atoms with van der Waals surface area (Å²) in [6, 6.07) is 2.01. The van der Waals surface area contributed by atoms with E-state index in [0.717, 1.165) is 48.5 Å². The van der Waals surface area contributed by atoms with E-state index in [1.165, 1.54) is 0 Å². The Morgan fingerprint density at radius 3 is 2.71 bits per heavy atom. The van der Waals surface area contributed by atoms with Crippen molar-refractivity contribution in [3.8, 4) is 11.8 Å². The number of ether oxygens (including phenoxy) is 1. The van der Waals surface area contributed by atoms with Gasteiger partial charge in [0.25, 0.3) is 0 Å². The van der Waals surface area contributed by atoms with Crippen LogP contribution in [0.2, 0.25) is 0 Å². The number of aromatic nitrogens is 1. The van der Waals surface area contributed by atoms with Gasteiger partial charge in [-0.25, -0.2) is 0 Å². The minimum absolute atomic E-state index is 0.0216. The van der Waals surface area contributed by atoms with E-state index in [1.807, 2.05) is 19.2 Å². The zero-order valence-electron chi connectivity index (χ0n) is 12.9. The molecule has 0 aromatic carbocycles. The zero-order valence-corrected chi connectivity index (χ0v) is 14.5. The molecule has 1 aromatic heterocycles. The van der Waals surface area contributed by atoms with Gasteiger partial charge in [0, 0.05) is 49.5 Å². The molecule has 1 unspecified atom stereocenters. The SMILES string of the molecule is COC(C)c1ncc(C#CCN2CCN(C)CC2)cc1Br. The van der Waals surface area contributed by atoms with Crippen molar-refractivity contribution in [3.05, 3.63) is 28.0 Å². The van der Waals surface area contributed by atoms with Gasteiger partial charge in [0.15, 0.2) is 0 Å². The number of pyridine rings is 1. The molecule has 1 aliphatic rings. The lowest BCUT2D eigenvalue weighted by Gasteiger charge is -2.30. The fourth-order valence-corrected chi connectivity index (χ4v) is 2.86. The Hall–Kier alpha value is -0.930. The normalized spacial score (nSPS) is 18.1. The van der Waals surface area contributed by atoms with Crippen LogP contribution >= 0.6 is 15.9 Å². The third kappa shape index (κ3) is 4.79. The number of methoxy groups -OCH3 is 1. The first-order chi connectivity index (χ1) is 10.1. The van der Waals surface area contributed by atoms with Crippen molar-refractivity contribution in [3.63, 3.8) is 0 Å². The number of hydrogen-bond donors (Lipinski definition) is 0. The van der Waals surface area contributed by atoms with Crippen LogP contribution in [-0.2, 0) is 4.74 Å². The molecule has 1 fully saturated rings. The molecule has 0 radical (unpaired) electrons. The summed E-state index contributed by atoms with van der Waals surface area (Å²) in [4.78, 5) is 9.16. The number of piperazine rings is 1. The van der Waals surface area contributed by atoms with Crippen molar-refractivity contribution < 1.29 is 4.74 Å². The largest absolute Gasteiger partial charge is 0.375 e. The van der Waals surface area contributed by atoms with Crippen LogP contribution in [0.25, 0.3) is 0 Å². The Morgan fingerprint density at radius 1 is 1.38 bits per heavy atom. The topological polar surface area (TPSA) is 28.6 Å². The summed E-state index contributed by atoms with van der Waals surface area (Å²) in [6.07, 6.45) is 1.79. The van der Waals surface area contributed by atoms with Crippen molar-refractivity contribution in [1.29, 1.82) is 0 Å². The predicted molar refractivity (Wildman–Crippen MR) is 88.2 cm³/mol. The van der Waals surface area contributed by atoms with Gasteiger partial charge in [-0.2, -0.15) is 0 Å². The summed E-state index contributed by atoms with van der Waals surface area (Å²) < 4.78 is 6.23. The van der Waals surface area contributed by atoms with Gasteiger partial charge in [0.1, 0.15) is 0 Å². The first kappa shape index (κ1) is 16.4. The Morgan fingerprint density at radius 2 is 2.10 bits per heavy atom. The summed E-state index contributed by atoms with van der Waals surface area (Å²) in [6.45, 7) is 7.24. The number of nitrogens with zero attached hydrogens (tertiary/aromatic N) is 3. The smallest absolute Gasteiger partial charge is 0.0974 e. The van der Waals surface area contributed by atoms with E-state index in [9.17, 15) is 0 Å². The van der Waals surface area contributed by atoms with Gasteiger partial charge in [-0.3, -0.25) is 9.88 Å². The average molecular weight is 352 g/mol. The van der Waals surface area contributed by atoms with Crippen LogP contribution in [0, 0.1) is 11.8 Å². The molecule has 0 bridgehead atoms. The number of hydrogen-bond acceptors (Lipinski definition) is 4. The maximum Gasteiger partial charge on any atom is 0.0974 e. The maximum atomic E-state index is 5.29. The van der Waals surface area contributed by atoms with Gasteiger partial charge in [-0.05, 0) is 36.0 Å². The Labute approximate surface area is 135 Å². The zero-order chi connectivity index (χ0) is 15.2. The summed E-state index contributed by atoms with van der Waals surface area (Å²) in [7, 11) is 3.84. The van der Waals surface area contributed by atoms with Crippen LogP contribution in [0.1, 0.15) is 24.3 Å².